The van der Waals surface area contributed by atoms with Gasteiger partial charge in [0.2, 0.25) is 0 Å². The third-order valence-electron chi connectivity index (χ3n) is 3.20. The summed E-state index contributed by atoms with van der Waals surface area (Å²) < 4.78 is 4.45. The van der Waals surface area contributed by atoms with Crippen molar-refractivity contribution in [1.82, 2.24) is 10.6 Å². The van der Waals surface area contributed by atoms with E-state index in [1.54, 1.807) is 0 Å². The van der Waals surface area contributed by atoms with E-state index in [4.69, 9.17) is 5.11 Å². The van der Waals surface area contributed by atoms with Gasteiger partial charge in [-0.1, -0.05) is 6.42 Å². The van der Waals surface area contributed by atoms with E-state index in [1.807, 2.05) is 0 Å². The Hall–Kier alpha value is -1.79. The van der Waals surface area contributed by atoms with Gasteiger partial charge in [0.25, 0.3) is 0 Å². The van der Waals surface area contributed by atoms with Crippen LogP contribution in [0.4, 0.5) is 4.79 Å². The van der Waals surface area contributed by atoms with Gasteiger partial charge in [0, 0.05) is 12.6 Å². The molecule has 1 aliphatic rings. The van der Waals surface area contributed by atoms with E-state index in [1.165, 1.54) is 7.11 Å². The summed E-state index contributed by atoms with van der Waals surface area (Å²) in [6.07, 6.45) is 2.82. The molecular weight excluding hydrogens is 252 g/mol. The normalized spacial score (nSPS) is 22.4. The highest BCUT2D eigenvalue weighted by Crippen LogP contribution is 2.24. The van der Waals surface area contributed by atoms with Gasteiger partial charge in [-0.3, -0.25) is 9.59 Å². The molecule has 0 spiro atoms. The molecule has 1 aliphatic carbocycles. The number of nitrogens with one attached hydrogen (secondary N) is 2. The Bertz CT molecular complexity index is 345. The SMILES string of the molecule is COC(=O)CCNC(=O)NC1CCCC(C(=O)O)C1. The Morgan fingerprint density at radius 3 is 2.68 bits per heavy atom. The second kappa shape index (κ2) is 7.60. The Labute approximate surface area is 111 Å². The van der Waals surface area contributed by atoms with Gasteiger partial charge >= 0.3 is 18.0 Å². The molecular formula is C12H20N2O5. The van der Waals surface area contributed by atoms with Crippen molar-refractivity contribution in [3.8, 4) is 0 Å². The van der Waals surface area contributed by atoms with Crippen LogP contribution in [-0.4, -0.2) is 42.8 Å². The van der Waals surface area contributed by atoms with Crippen molar-refractivity contribution >= 4 is 18.0 Å². The van der Waals surface area contributed by atoms with Gasteiger partial charge < -0.3 is 20.5 Å². The first-order valence-corrected chi connectivity index (χ1v) is 6.37. The number of carbonyl (C=O) groups excluding carboxylic acids is 2. The van der Waals surface area contributed by atoms with Crippen molar-refractivity contribution < 1.29 is 24.2 Å². The first-order chi connectivity index (χ1) is 9.02. The van der Waals surface area contributed by atoms with Crippen LogP contribution in [0.1, 0.15) is 32.1 Å². The van der Waals surface area contributed by atoms with E-state index in [2.05, 4.69) is 15.4 Å². The van der Waals surface area contributed by atoms with Crippen LogP contribution in [0.15, 0.2) is 0 Å². The number of aliphatic carboxylic acids is 1. The second-order valence-corrected chi connectivity index (χ2v) is 4.63. The van der Waals surface area contributed by atoms with Crippen LogP contribution in [0.3, 0.4) is 0 Å². The number of carbonyl (C=O) groups is 3. The molecule has 2 atom stereocenters. The van der Waals surface area contributed by atoms with E-state index in [-0.39, 0.29) is 36.9 Å². The van der Waals surface area contributed by atoms with Crippen molar-refractivity contribution in [3.63, 3.8) is 0 Å². The van der Waals surface area contributed by atoms with Gasteiger partial charge in [-0.15, -0.1) is 0 Å². The summed E-state index contributed by atoms with van der Waals surface area (Å²) in [5.41, 5.74) is 0. The van der Waals surface area contributed by atoms with Gasteiger partial charge in [-0.2, -0.15) is 0 Å². The number of amides is 2. The summed E-state index contributed by atoms with van der Waals surface area (Å²) in [5.74, 6) is -1.57. The summed E-state index contributed by atoms with van der Waals surface area (Å²) in [5, 5.41) is 14.2. The second-order valence-electron chi connectivity index (χ2n) is 4.63. The molecule has 2 unspecified atom stereocenters. The summed E-state index contributed by atoms with van der Waals surface area (Å²) >= 11 is 0. The fraction of sp³-hybridized carbons (Fsp3) is 0.750. The topological polar surface area (TPSA) is 105 Å². The van der Waals surface area contributed by atoms with E-state index in [9.17, 15) is 14.4 Å². The van der Waals surface area contributed by atoms with Crippen molar-refractivity contribution in [3.05, 3.63) is 0 Å². The molecule has 0 radical (unpaired) electrons. The molecule has 0 aromatic carbocycles. The molecule has 0 bridgehead atoms. The van der Waals surface area contributed by atoms with Crippen LogP contribution in [0.2, 0.25) is 0 Å². The van der Waals surface area contributed by atoms with Crippen LogP contribution >= 0.6 is 0 Å². The number of carboxylic acids is 1. The number of esters is 1. The quantitative estimate of drug-likeness (QED) is 0.632. The van der Waals surface area contributed by atoms with Crippen molar-refractivity contribution in [2.45, 2.75) is 38.1 Å². The minimum absolute atomic E-state index is 0.117. The largest absolute Gasteiger partial charge is 0.481 e. The molecule has 7 heteroatoms. The number of urea groups is 1. The maximum atomic E-state index is 11.5. The fourth-order valence-corrected chi connectivity index (χ4v) is 2.16. The third kappa shape index (κ3) is 5.58. The molecule has 0 saturated heterocycles. The average molecular weight is 272 g/mol. The van der Waals surface area contributed by atoms with E-state index in [0.29, 0.717) is 12.8 Å². The number of hydrogen-bond donors (Lipinski definition) is 3. The van der Waals surface area contributed by atoms with Gasteiger partial charge in [0.05, 0.1) is 19.4 Å². The molecule has 19 heavy (non-hydrogen) atoms. The Balaban J connectivity index is 2.24. The lowest BCUT2D eigenvalue weighted by Gasteiger charge is -2.27. The summed E-state index contributed by atoms with van der Waals surface area (Å²) in [6, 6.07) is -0.493. The lowest BCUT2D eigenvalue weighted by Crippen LogP contribution is -2.45. The van der Waals surface area contributed by atoms with Crippen LogP contribution in [0.5, 0.6) is 0 Å². The number of methoxy groups -OCH3 is 1. The molecule has 0 heterocycles. The molecule has 108 valence electrons. The minimum Gasteiger partial charge on any atom is -0.481 e. The van der Waals surface area contributed by atoms with Crippen molar-refractivity contribution in [2.24, 2.45) is 5.92 Å². The third-order valence-corrected chi connectivity index (χ3v) is 3.20. The maximum Gasteiger partial charge on any atom is 0.315 e. The van der Waals surface area contributed by atoms with E-state index in [0.717, 1.165) is 12.8 Å². The summed E-state index contributed by atoms with van der Waals surface area (Å²) in [4.78, 5) is 33.3. The monoisotopic (exact) mass is 272 g/mol. The molecule has 0 aromatic rings. The van der Waals surface area contributed by atoms with Gasteiger partial charge in [-0.25, -0.2) is 4.79 Å². The highest BCUT2D eigenvalue weighted by Gasteiger charge is 2.27. The summed E-state index contributed by atoms with van der Waals surface area (Å²) in [7, 11) is 1.29. The van der Waals surface area contributed by atoms with Gasteiger partial charge in [0.1, 0.15) is 0 Å². The predicted octanol–water partition coefficient (Wildman–Crippen LogP) is 0.492. The van der Waals surface area contributed by atoms with Crippen LogP contribution < -0.4 is 10.6 Å². The zero-order chi connectivity index (χ0) is 14.3. The van der Waals surface area contributed by atoms with Crippen molar-refractivity contribution in [1.29, 1.82) is 0 Å². The van der Waals surface area contributed by atoms with Gasteiger partial charge in [0.15, 0.2) is 0 Å². The van der Waals surface area contributed by atoms with E-state index < -0.39 is 5.97 Å². The zero-order valence-electron chi connectivity index (χ0n) is 11.0. The maximum absolute atomic E-state index is 11.5. The smallest absolute Gasteiger partial charge is 0.315 e. The molecule has 0 aliphatic heterocycles. The molecule has 3 N–H and O–H groups in total. The highest BCUT2D eigenvalue weighted by atomic mass is 16.5. The fourth-order valence-electron chi connectivity index (χ4n) is 2.16. The first kappa shape index (κ1) is 15.3. The minimum atomic E-state index is -0.808. The standard InChI is InChI=1S/C12H20N2O5/c1-19-10(15)5-6-13-12(18)14-9-4-2-3-8(7-9)11(16)17/h8-9H,2-7H2,1H3,(H,16,17)(H2,13,14,18). The predicted molar refractivity (Wildman–Crippen MR) is 66.5 cm³/mol. The number of carboxylic acid groups (broad SMARTS) is 1. The molecule has 1 saturated carbocycles. The molecule has 1 rings (SSSR count). The highest BCUT2D eigenvalue weighted by molar-refractivity contribution is 5.76. The van der Waals surface area contributed by atoms with Crippen LogP contribution in [-0.2, 0) is 14.3 Å². The molecule has 2 amide bonds. The average Bonchev–Trinajstić information content (AvgIpc) is 2.38. The Morgan fingerprint density at radius 1 is 1.32 bits per heavy atom. The van der Waals surface area contributed by atoms with Crippen LogP contribution in [0.25, 0.3) is 0 Å². The van der Waals surface area contributed by atoms with Gasteiger partial charge in [-0.05, 0) is 19.3 Å². The van der Waals surface area contributed by atoms with Crippen LogP contribution in [0, 0.1) is 5.92 Å². The van der Waals surface area contributed by atoms with Crippen molar-refractivity contribution in [2.75, 3.05) is 13.7 Å². The number of rotatable bonds is 5. The lowest BCUT2D eigenvalue weighted by atomic mass is 9.86. The Kier molecular flexibility index (Phi) is 6.11. The number of hydrogen-bond acceptors (Lipinski definition) is 4. The molecule has 0 aromatic heterocycles. The zero-order valence-corrected chi connectivity index (χ0v) is 11.0. The first-order valence-electron chi connectivity index (χ1n) is 6.37. The summed E-state index contributed by atoms with van der Waals surface area (Å²) in [6.45, 7) is 0.202. The Morgan fingerprint density at radius 2 is 2.05 bits per heavy atom. The number of ether oxygens (including phenoxy) is 1. The molecule has 1 fully saturated rings. The molecule has 7 nitrogen and oxygen atoms in total. The lowest BCUT2D eigenvalue weighted by molar-refractivity contribution is -0.143. The van der Waals surface area contributed by atoms with E-state index >= 15 is 0 Å².